The largest absolute Gasteiger partial charge is 0.392 e. The summed E-state index contributed by atoms with van der Waals surface area (Å²) in [5.74, 6) is 0. The van der Waals surface area contributed by atoms with Crippen LogP contribution >= 0.6 is 12.4 Å². The normalized spacial score (nSPS) is 16.5. The summed E-state index contributed by atoms with van der Waals surface area (Å²) in [4.78, 5) is 0. The number of aliphatic hydroxyl groups is 1. The van der Waals surface area contributed by atoms with Gasteiger partial charge in [-0.1, -0.05) is 6.92 Å². The number of rotatable bonds is 2. The molecule has 0 aliphatic carbocycles. The zero-order valence-electron chi connectivity index (χ0n) is 5.29. The summed E-state index contributed by atoms with van der Waals surface area (Å²) in [6.45, 7) is 3.66. The molecular weight excluding hydrogens is 126 g/mol. The maximum absolute atomic E-state index is 8.70. The lowest BCUT2D eigenvalue weighted by molar-refractivity contribution is 0.161. The number of hydrogen-bond acceptors (Lipinski definition) is 2. The smallest absolute Gasteiger partial charge is 0.0662 e. The first-order valence-corrected chi connectivity index (χ1v) is 2.62. The van der Waals surface area contributed by atoms with Crippen LogP contribution in [0.15, 0.2) is 0 Å². The highest BCUT2D eigenvalue weighted by molar-refractivity contribution is 5.85. The SMILES string of the molecule is CC[C@@H](N)C(C)O.Cl. The Labute approximate surface area is 56.5 Å². The molecule has 0 rings (SSSR count). The fourth-order valence-corrected chi connectivity index (χ4v) is 0.341. The fourth-order valence-electron chi connectivity index (χ4n) is 0.341. The molecule has 0 saturated carbocycles. The summed E-state index contributed by atoms with van der Waals surface area (Å²) in [6.07, 6.45) is 0.488. The summed E-state index contributed by atoms with van der Waals surface area (Å²) in [6, 6.07) is -0.0417. The van der Waals surface area contributed by atoms with E-state index in [9.17, 15) is 0 Å². The van der Waals surface area contributed by atoms with E-state index in [1.54, 1.807) is 6.92 Å². The zero-order chi connectivity index (χ0) is 5.86. The zero-order valence-corrected chi connectivity index (χ0v) is 6.11. The van der Waals surface area contributed by atoms with Gasteiger partial charge in [-0.2, -0.15) is 0 Å². The molecule has 0 spiro atoms. The Morgan fingerprint density at radius 2 is 2.00 bits per heavy atom. The molecule has 2 nitrogen and oxygen atoms in total. The van der Waals surface area contributed by atoms with E-state index in [0.29, 0.717) is 0 Å². The van der Waals surface area contributed by atoms with Crippen molar-refractivity contribution in [2.45, 2.75) is 32.4 Å². The van der Waals surface area contributed by atoms with Gasteiger partial charge in [0.15, 0.2) is 0 Å². The minimum Gasteiger partial charge on any atom is -0.392 e. The molecule has 0 fully saturated rings. The van der Waals surface area contributed by atoms with E-state index in [1.165, 1.54) is 0 Å². The van der Waals surface area contributed by atoms with E-state index < -0.39 is 0 Å². The van der Waals surface area contributed by atoms with Gasteiger partial charge in [-0.15, -0.1) is 12.4 Å². The van der Waals surface area contributed by atoms with E-state index in [1.807, 2.05) is 6.92 Å². The van der Waals surface area contributed by atoms with Crippen molar-refractivity contribution in [2.24, 2.45) is 5.73 Å². The van der Waals surface area contributed by atoms with E-state index in [2.05, 4.69) is 0 Å². The molecule has 0 saturated heterocycles. The Morgan fingerprint density at radius 1 is 1.62 bits per heavy atom. The lowest BCUT2D eigenvalue weighted by Crippen LogP contribution is -2.31. The third-order valence-corrected chi connectivity index (χ3v) is 1.09. The van der Waals surface area contributed by atoms with Crippen LogP contribution in [0.1, 0.15) is 20.3 Å². The van der Waals surface area contributed by atoms with Crippen LogP contribution in [0.5, 0.6) is 0 Å². The molecule has 8 heavy (non-hydrogen) atoms. The average molecular weight is 140 g/mol. The minimum absolute atomic E-state index is 0. The van der Waals surface area contributed by atoms with Gasteiger partial charge in [0.25, 0.3) is 0 Å². The van der Waals surface area contributed by atoms with Crippen molar-refractivity contribution >= 4 is 12.4 Å². The topological polar surface area (TPSA) is 46.2 Å². The third kappa shape index (κ3) is 4.37. The number of halogens is 1. The van der Waals surface area contributed by atoms with Crippen molar-refractivity contribution in [3.8, 4) is 0 Å². The summed E-state index contributed by atoms with van der Waals surface area (Å²) in [5, 5.41) is 8.70. The molecule has 0 aliphatic heterocycles. The summed E-state index contributed by atoms with van der Waals surface area (Å²) in [5.41, 5.74) is 5.37. The van der Waals surface area contributed by atoms with E-state index in [0.717, 1.165) is 6.42 Å². The maximum Gasteiger partial charge on any atom is 0.0662 e. The molecule has 0 bridgehead atoms. The quantitative estimate of drug-likeness (QED) is 0.586. The van der Waals surface area contributed by atoms with Gasteiger partial charge >= 0.3 is 0 Å². The first-order valence-electron chi connectivity index (χ1n) is 2.62. The molecule has 3 heteroatoms. The van der Waals surface area contributed by atoms with Crippen molar-refractivity contribution in [3.63, 3.8) is 0 Å². The van der Waals surface area contributed by atoms with Gasteiger partial charge in [0, 0.05) is 6.04 Å². The van der Waals surface area contributed by atoms with Gasteiger partial charge in [-0.05, 0) is 13.3 Å². The molecule has 3 N–H and O–H groups in total. The summed E-state index contributed by atoms with van der Waals surface area (Å²) in [7, 11) is 0. The summed E-state index contributed by atoms with van der Waals surface area (Å²) >= 11 is 0. The second-order valence-electron chi connectivity index (χ2n) is 1.81. The highest BCUT2D eigenvalue weighted by Gasteiger charge is 2.03. The highest BCUT2D eigenvalue weighted by atomic mass is 35.5. The standard InChI is InChI=1S/C5H13NO.ClH/c1-3-5(6)4(2)7;/h4-5,7H,3,6H2,1-2H3;1H/t4?,5-;/m1./s1. The van der Waals surface area contributed by atoms with Crippen molar-refractivity contribution in [1.29, 1.82) is 0 Å². The van der Waals surface area contributed by atoms with Crippen molar-refractivity contribution in [2.75, 3.05) is 0 Å². The first-order chi connectivity index (χ1) is 3.18. The number of aliphatic hydroxyl groups excluding tert-OH is 1. The van der Waals surface area contributed by atoms with E-state index in [4.69, 9.17) is 10.8 Å². The van der Waals surface area contributed by atoms with Gasteiger partial charge in [-0.3, -0.25) is 0 Å². The van der Waals surface area contributed by atoms with Crippen molar-refractivity contribution < 1.29 is 5.11 Å². The maximum atomic E-state index is 8.70. The fraction of sp³-hybridized carbons (Fsp3) is 1.00. The van der Waals surface area contributed by atoms with Crippen molar-refractivity contribution in [1.82, 2.24) is 0 Å². The minimum atomic E-state index is -0.356. The molecule has 0 aliphatic rings. The van der Waals surface area contributed by atoms with Crippen LogP contribution in [0.25, 0.3) is 0 Å². The second kappa shape index (κ2) is 5.35. The van der Waals surface area contributed by atoms with Crippen LogP contribution in [0.4, 0.5) is 0 Å². The summed E-state index contributed by atoms with van der Waals surface area (Å²) < 4.78 is 0. The van der Waals surface area contributed by atoms with Crippen LogP contribution in [0.2, 0.25) is 0 Å². The Bertz CT molecular complexity index is 49.7. The average Bonchev–Trinajstić information content (AvgIpc) is 1.65. The van der Waals surface area contributed by atoms with Crippen LogP contribution in [0, 0.1) is 0 Å². The Kier molecular flexibility index (Phi) is 7.40. The van der Waals surface area contributed by atoms with E-state index in [-0.39, 0.29) is 24.6 Å². The molecule has 0 aromatic rings. The molecule has 0 amide bonds. The predicted molar refractivity (Wildman–Crippen MR) is 37.2 cm³/mol. The molecule has 0 aromatic heterocycles. The van der Waals surface area contributed by atoms with Crippen molar-refractivity contribution in [3.05, 3.63) is 0 Å². The van der Waals surface area contributed by atoms with Crippen LogP contribution < -0.4 is 5.73 Å². The lowest BCUT2D eigenvalue weighted by atomic mass is 10.1. The van der Waals surface area contributed by atoms with Gasteiger partial charge < -0.3 is 10.8 Å². The Morgan fingerprint density at radius 3 is 2.00 bits per heavy atom. The second-order valence-corrected chi connectivity index (χ2v) is 1.81. The molecule has 52 valence electrons. The first kappa shape index (κ1) is 11.1. The van der Waals surface area contributed by atoms with Crippen LogP contribution in [-0.2, 0) is 0 Å². The van der Waals surface area contributed by atoms with Crippen LogP contribution in [-0.4, -0.2) is 17.3 Å². The number of hydrogen-bond donors (Lipinski definition) is 2. The predicted octanol–water partition coefficient (Wildman–Crippen LogP) is 0.526. The van der Waals surface area contributed by atoms with Crippen LogP contribution in [0.3, 0.4) is 0 Å². The molecule has 0 heterocycles. The Balaban J connectivity index is 0. The monoisotopic (exact) mass is 139 g/mol. The van der Waals surface area contributed by atoms with Gasteiger partial charge in [0.05, 0.1) is 6.10 Å². The van der Waals surface area contributed by atoms with Gasteiger partial charge in [-0.25, -0.2) is 0 Å². The molecular formula is C5H14ClNO. The molecule has 0 aromatic carbocycles. The molecule has 1 unspecified atom stereocenters. The Hall–Kier alpha value is 0.210. The number of nitrogens with two attached hydrogens (primary N) is 1. The molecule has 2 atom stereocenters. The highest BCUT2D eigenvalue weighted by Crippen LogP contribution is 1.91. The third-order valence-electron chi connectivity index (χ3n) is 1.09. The molecule has 0 radical (unpaired) electrons. The van der Waals surface area contributed by atoms with Gasteiger partial charge in [0.1, 0.15) is 0 Å². The van der Waals surface area contributed by atoms with E-state index >= 15 is 0 Å². The van der Waals surface area contributed by atoms with Gasteiger partial charge in [0.2, 0.25) is 0 Å². The lowest BCUT2D eigenvalue weighted by Gasteiger charge is -2.09.